The maximum Gasteiger partial charge on any atom is 0.0678 e. The van der Waals surface area contributed by atoms with Crippen LogP contribution in [0.4, 0.5) is 0 Å². The molecule has 0 aromatic carbocycles. The molecule has 1 N–H and O–H groups in total. The summed E-state index contributed by atoms with van der Waals surface area (Å²) < 4.78 is 5.72. The fourth-order valence-electron chi connectivity index (χ4n) is 2.11. The summed E-state index contributed by atoms with van der Waals surface area (Å²) in [5.74, 6) is 0. The molecule has 4 atom stereocenters. The first-order chi connectivity index (χ1) is 6.54. The molecule has 2 unspecified atom stereocenters. The summed E-state index contributed by atoms with van der Waals surface area (Å²) in [7, 11) is 2.02. The summed E-state index contributed by atoms with van der Waals surface area (Å²) in [6, 6.07) is 1.11. The van der Waals surface area contributed by atoms with Gasteiger partial charge in [0.25, 0.3) is 0 Å². The van der Waals surface area contributed by atoms with E-state index in [9.17, 15) is 0 Å². The Bertz CT molecular complexity index is 165. The second-order valence-electron chi connectivity index (χ2n) is 4.53. The molecular weight excluding hydrogens is 176 g/mol. The van der Waals surface area contributed by atoms with Gasteiger partial charge >= 0.3 is 0 Å². The normalized spacial score (nSPS) is 34.1. The Morgan fingerprint density at radius 2 is 1.71 bits per heavy atom. The summed E-state index contributed by atoms with van der Waals surface area (Å²) in [5, 5.41) is 3.31. The van der Waals surface area contributed by atoms with Crippen molar-refractivity contribution >= 4 is 0 Å². The van der Waals surface area contributed by atoms with Gasteiger partial charge in [-0.3, -0.25) is 4.90 Å². The Hall–Kier alpha value is -0.120. The van der Waals surface area contributed by atoms with Crippen LogP contribution >= 0.6 is 0 Å². The quantitative estimate of drug-likeness (QED) is 0.738. The van der Waals surface area contributed by atoms with Gasteiger partial charge < -0.3 is 10.1 Å². The van der Waals surface area contributed by atoms with Crippen LogP contribution in [0, 0.1) is 0 Å². The number of hydrogen-bond acceptors (Lipinski definition) is 3. The van der Waals surface area contributed by atoms with E-state index in [2.05, 4.69) is 37.9 Å². The lowest BCUT2D eigenvalue weighted by Crippen LogP contribution is -2.54. The van der Waals surface area contributed by atoms with Gasteiger partial charge in [-0.05, 0) is 34.7 Å². The molecule has 0 aromatic rings. The first-order valence-corrected chi connectivity index (χ1v) is 5.61. The van der Waals surface area contributed by atoms with Crippen LogP contribution in [0.3, 0.4) is 0 Å². The highest BCUT2D eigenvalue weighted by molar-refractivity contribution is 4.82. The Kier molecular flexibility index (Phi) is 4.35. The van der Waals surface area contributed by atoms with Crippen molar-refractivity contribution in [1.29, 1.82) is 0 Å². The lowest BCUT2D eigenvalue weighted by atomic mass is 10.1. The van der Waals surface area contributed by atoms with Crippen molar-refractivity contribution in [2.75, 3.05) is 20.1 Å². The standard InChI is InChI=1S/C11H24N2O/c1-8-6-13(7-9(2)14-8)11(4)10(3)12-5/h8-12H,6-7H2,1-5H3/t8-,9+,10?,11?. The SMILES string of the molecule is CNC(C)C(C)N1C[C@@H](C)O[C@@H](C)C1. The van der Waals surface area contributed by atoms with Gasteiger partial charge in [0.05, 0.1) is 12.2 Å². The van der Waals surface area contributed by atoms with E-state index in [1.54, 1.807) is 0 Å². The molecule has 84 valence electrons. The largest absolute Gasteiger partial charge is 0.373 e. The fraction of sp³-hybridized carbons (Fsp3) is 1.00. The van der Waals surface area contributed by atoms with Crippen LogP contribution in [-0.4, -0.2) is 49.3 Å². The van der Waals surface area contributed by atoms with Gasteiger partial charge in [0.2, 0.25) is 0 Å². The third-order valence-electron chi connectivity index (χ3n) is 3.20. The molecule has 1 rings (SSSR count). The first-order valence-electron chi connectivity index (χ1n) is 5.61. The Morgan fingerprint density at radius 3 is 2.14 bits per heavy atom. The zero-order valence-corrected chi connectivity index (χ0v) is 10.1. The summed E-state index contributed by atoms with van der Waals surface area (Å²) >= 11 is 0. The molecule has 1 aliphatic heterocycles. The van der Waals surface area contributed by atoms with Crippen molar-refractivity contribution in [3.8, 4) is 0 Å². The number of ether oxygens (including phenoxy) is 1. The Balaban J connectivity index is 2.50. The molecular formula is C11H24N2O. The van der Waals surface area contributed by atoms with Gasteiger partial charge in [-0.2, -0.15) is 0 Å². The second kappa shape index (κ2) is 5.10. The minimum atomic E-state index is 0.366. The Morgan fingerprint density at radius 1 is 1.21 bits per heavy atom. The number of nitrogens with zero attached hydrogens (tertiary/aromatic N) is 1. The average molecular weight is 200 g/mol. The molecule has 1 fully saturated rings. The molecule has 3 nitrogen and oxygen atoms in total. The fourth-order valence-corrected chi connectivity index (χ4v) is 2.11. The molecule has 14 heavy (non-hydrogen) atoms. The van der Waals surface area contributed by atoms with Crippen LogP contribution < -0.4 is 5.32 Å². The smallest absolute Gasteiger partial charge is 0.0678 e. The average Bonchev–Trinajstić information content (AvgIpc) is 2.14. The van der Waals surface area contributed by atoms with Crippen LogP contribution in [-0.2, 0) is 4.74 Å². The molecule has 1 saturated heterocycles. The molecule has 0 spiro atoms. The summed E-state index contributed by atoms with van der Waals surface area (Å²) in [6.45, 7) is 10.9. The number of rotatable bonds is 3. The predicted octanol–water partition coefficient (Wildman–Crippen LogP) is 1.09. The number of morpholine rings is 1. The maximum absolute atomic E-state index is 5.72. The monoisotopic (exact) mass is 200 g/mol. The van der Waals surface area contributed by atoms with E-state index in [0.717, 1.165) is 13.1 Å². The van der Waals surface area contributed by atoms with Crippen LogP contribution in [0.5, 0.6) is 0 Å². The molecule has 0 amide bonds. The number of hydrogen-bond donors (Lipinski definition) is 1. The minimum absolute atomic E-state index is 0.366. The molecule has 0 aromatic heterocycles. The van der Waals surface area contributed by atoms with Crippen molar-refractivity contribution in [2.45, 2.75) is 52.0 Å². The minimum Gasteiger partial charge on any atom is -0.373 e. The highest BCUT2D eigenvalue weighted by Gasteiger charge is 2.27. The lowest BCUT2D eigenvalue weighted by Gasteiger charge is -2.40. The third-order valence-corrected chi connectivity index (χ3v) is 3.20. The highest BCUT2D eigenvalue weighted by atomic mass is 16.5. The van der Waals surface area contributed by atoms with Gasteiger partial charge in [0.15, 0.2) is 0 Å². The van der Waals surface area contributed by atoms with Crippen LogP contribution in [0.1, 0.15) is 27.7 Å². The molecule has 0 aliphatic carbocycles. The van der Waals surface area contributed by atoms with Gasteiger partial charge in [-0.15, -0.1) is 0 Å². The van der Waals surface area contributed by atoms with E-state index in [1.165, 1.54) is 0 Å². The second-order valence-corrected chi connectivity index (χ2v) is 4.53. The van der Waals surface area contributed by atoms with Crippen molar-refractivity contribution < 1.29 is 4.74 Å². The van der Waals surface area contributed by atoms with E-state index in [4.69, 9.17) is 4.74 Å². The zero-order chi connectivity index (χ0) is 10.7. The molecule has 0 radical (unpaired) electrons. The Labute approximate surface area is 87.8 Å². The highest BCUT2D eigenvalue weighted by Crippen LogP contribution is 2.15. The summed E-state index contributed by atoms with van der Waals surface area (Å²) in [6.07, 6.45) is 0.732. The van der Waals surface area contributed by atoms with Gasteiger partial charge in [-0.25, -0.2) is 0 Å². The van der Waals surface area contributed by atoms with E-state index in [1.807, 2.05) is 7.05 Å². The number of likely N-dealkylation sites (N-methyl/N-ethyl adjacent to an activating group) is 1. The van der Waals surface area contributed by atoms with Crippen molar-refractivity contribution in [3.05, 3.63) is 0 Å². The van der Waals surface area contributed by atoms with Crippen LogP contribution in [0.2, 0.25) is 0 Å². The molecule has 0 bridgehead atoms. The van der Waals surface area contributed by atoms with E-state index in [-0.39, 0.29) is 0 Å². The van der Waals surface area contributed by atoms with E-state index in [0.29, 0.717) is 24.3 Å². The zero-order valence-electron chi connectivity index (χ0n) is 10.1. The molecule has 1 heterocycles. The topological polar surface area (TPSA) is 24.5 Å². The van der Waals surface area contributed by atoms with Crippen molar-refractivity contribution in [2.24, 2.45) is 0 Å². The van der Waals surface area contributed by atoms with Gasteiger partial charge in [-0.1, -0.05) is 0 Å². The predicted molar refractivity (Wildman–Crippen MR) is 59.6 cm³/mol. The van der Waals surface area contributed by atoms with Crippen LogP contribution in [0.25, 0.3) is 0 Å². The van der Waals surface area contributed by atoms with Crippen LogP contribution in [0.15, 0.2) is 0 Å². The first kappa shape index (κ1) is 12.0. The van der Waals surface area contributed by atoms with E-state index >= 15 is 0 Å². The van der Waals surface area contributed by atoms with Gasteiger partial charge in [0.1, 0.15) is 0 Å². The summed E-state index contributed by atoms with van der Waals surface area (Å²) in [5.41, 5.74) is 0. The third kappa shape index (κ3) is 2.94. The number of nitrogens with one attached hydrogen (secondary N) is 1. The molecule has 0 saturated carbocycles. The van der Waals surface area contributed by atoms with E-state index < -0.39 is 0 Å². The van der Waals surface area contributed by atoms with Crippen molar-refractivity contribution in [1.82, 2.24) is 10.2 Å². The van der Waals surface area contributed by atoms with Crippen molar-refractivity contribution in [3.63, 3.8) is 0 Å². The summed E-state index contributed by atoms with van der Waals surface area (Å²) in [4.78, 5) is 2.51. The van der Waals surface area contributed by atoms with Gasteiger partial charge in [0, 0.05) is 25.2 Å². The molecule has 1 aliphatic rings. The molecule has 3 heteroatoms. The lowest BCUT2D eigenvalue weighted by molar-refractivity contribution is -0.0811. The maximum atomic E-state index is 5.72.